The molecular weight excluding hydrogens is 204 g/mol. The molecular formula is C6H11BN3O3P. The first-order chi connectivity index (χ1) is 6.42. The minimum absolute atomic E-state index is 0.123. The van der Waals surface area contributed by atoms with Crippen LogP contribution in [0.2, 0.25) is 5.82 Å². The van der Waals surface area contributed by atoms with Crippen molar-refractivity contribution in [3.8, 4) is 0 Å². The molecule has 0 aliphatic heterocycles. The smallest absolute Gasteiger partial charge is 0.324 e. The minimum atomic E-state index is -4.04. The van der Waals surface area contributed by atoms with Gasteiger partial charge in [-0.1, -0.05) is 17.4 Å². The molecule has 1 aliphatic carbocycles. The van der Waals surface area contributed by atoms with Gasteiger partial charge in [0.05, 0.1) is 14.0 Å². The fraction of sp³-hybridized carbons (Fsp3) is 1.00. The fourth-order valence-corrected chi connectivity index (χ4v) is 2.86. The number of hydrogen-bond acceptors (Lipinski definition) is 2. The zero-order valence-electron chi connectivity index (χ0n) is 7.52. The molecule has 1 rings (SSSR count). The highest BCUT2D eigenvalue weighted by molar-refractivity contribution is 7.51. The molecule has 8 heteroatoms. The Morgan fingerprint density at radius 2 is 2.21 bits per heavy atom. The summed E-state index contributed by atoms with van der Waals surface area (Å²) in [5.74, 6) is -0.413. The number of azide groups is 1. The first-order valence-corrected chi connectivity index (χ1v) is 6.06. The van der Waals surface area contributed by atoms with Crippen molar-refractivity contribution in [3.05, 3.63) is 10.4 Å². The summed E-state index contributed by atoms with van der Waals surface area (Å²) in [7, 11) is 1.59. The van der Waals surface area contributed by atoms with Crippen LogP contribution in [0.1, 0.15) is 12.8 Å². The third-order valence-corrected chi connectivity index (χ3v) is 3.31. The van der Waals surface area contributed by atoms with Crippen molar-refractivity contribution in [2.75, 3.05) is 6.16 Å². The largest absolute Gasteiger partial charge is 0.325 e. The van der Waals surface area contributed by atoms with Gasteiger partial charge in [0.2, 0.25) is 0 Å². The normalized spacial score (nSPS) is 32.6. The van der Waals surface area contributed by atoms with Crippen LogP contribution in [0.3, 0.4) is 0 Å². The lowest BCUT2D eigenvalue weighted by atomic mass is 9.85. The predicted octanol–water partition coefficient (Wildman–Crippen LogP) is 1.21. The maximum Gasteiger partial charge on any atom is 0.325 e. The van der Waals surface area contributed by atoms with Gasteiger partial charge in [-0.05, 0) is 17.9 Å². The highest BCUT2D eigenvalue weighted by Gasteiger charge is 2.35. The van der Waals surface area contributed by atoms with Crippen molar-refractivity contribution in [1.82, 2.24) is 0 Å². The molecule has 0 spiro atoms. The van der Waals surface area contributed by atoms with Gasteiger partial charge in [0.15, 0.2) is 0 Å². The Hall–Kier alpha value is -0.475. The van der Waals surface area contributed by atoms with Gasteiger partial charge in [-0.25, -0.2) is 0 Å². The number of rotatable bonds is 3. The summed E-state index contributed by atoms with van der Waals surface area (Å²) in [6.45, 7) is 0. The second-order valence-corrected chi connectivity index (χ2v) is 5.31. The van der Waals surface area contributed by atoms with E-state index in [9.17, 15) is 4.57 Å². The zero-order valence-corrected chi connectivity index (χ0v) is 8.42. The van der Waals surface area contributed by atoms with Gasteiger partial charge in [0.1, 0.15) is 0 Å². The van der Waals surface area contributed by atoms with Gasteiger partial charge in [-0.2, -0.15) is 0 Å². The molecule has 1 saturated carbocycles. The molecule has 3 unspecified atom stereocenters. The highest BCUT2D eigenvalue weighted by Crippen LogP contribution is 2.45. The van der Waals surface area contributed by atoms with E-state index < -0.39 is 7.60 Å². The minimum Gasteiger partial charge on any atom is -0.324 e. The van der Waals surface area contributed by atoms with Gasteiger partial charge >= 0.3 is 7.60 Å². The quantitative estimate of drug-likeness (QED) is 0.243. The van der Waals surface area contributed by atoms with E-state index in [1.54, 1.807) is 0 Å². The van der Waals surface area contributed by atoms with Crippen LogP contribution in [0.4, 0.5) is 0 Å². The van der Waals surface area contributed by atoms with Gasteiger partial charge in [-0.15, -0.1) is 0 Å². The van der Waals surface area contributed by atoms with Crippen LogP contribution in [0.5, 0.6) is 0 Å². The summed E-state index contributed by atoms with van der Waals surface area (Å²) in [4.78, 5) is 20.2. The van der Waals surface area contributed by atoms with E-state index in [4.69, 9.17) is 23.2 Å². The summed E-state index contributed by atoms with van der Waals surface area (Å²) in [5, 5.41) is 3.50. The molecule has 2 radical (unpaired) electrons. The monoisotopic (exact) mass is 215 g/mol. The van der Waals surface area contributed by atoms with Gasteiger partial charge in [0, 0.05) is 11.0 Å². The van der Waals surface area contributed by atoms with Crippen LogP contribution in [-0.2, 0) is 4.57 Å². The molecule has 1 aliphatic rings. The average Bonchev–Trinajstić information content (AvgIpc) is 2.28. The van der Waals surface area contributed by atoms with Crippen molar-refractivity contribution >= 4 is 15.4 Å². The standard InChI is InChI=1S/C6H11BN3O3P/c7-5-1-4(3-14(11,12)13)6(2-5)9-10-8/h4-6H,1-3H2,(H2,11,12,13). The van der Waals surface area contributed by atoms with Crippen molar-refractivity contribution in [1.29, 1.82) is 0 Å². The number of nitrogens with zero attached hydrogens (tertiary/aromatic N) is 3. The molecule has 0 aromatic rings. The third kappa shape index (κ3) is 3.35. The van der Waals surface area contributed by atoms with Crippen LogP contribution >= 0.6 is 7.60 Å². The molecule has 1 fully saturated rings. The molecule has 6 nitrogen and oxygen atoms in total. The highest BCUT2D eigenvalue weighted by atomic mass is 31.2. The molecule has 3 atom stereocenters. The maximum absolute atomic E-state index is 10.8. The van der Waals surface area contributed by atoms with E-state index in [0.29, 0.717) is 12.8 Å². The predicted molar refractivity (Wildman–Crippen MR) is 52.1 cm³/mol. The summed E-state index contributed by atoms with van der Waals surface area (Å²) in [5.41, 5.74) is 8.25. The van der Waals surface area contributed by atoms with E-state index in [1.165, 1.54) is 0 Å². The van der Waals surface area contributed by atoms with Crippen molar-refractivity contribution in [3.63, 3.8) is 0 Å². The fourth-order valence-electron chi connectivity index (χ4n) is 1.85. The molecule has 0 amide bonds. The van der Waals surface area contributed by atoms with Crippen molar-refractivity contribution < 1.29 is 14.4 Å². The van der Waals surface area contributed by atoms with Gasteiger partial charge < -0.3 is 9.79 Å². The first kappa shape index (κ1) is 11.6. The number of hydrogen-bond donors (Lipinski definition) is 2. The first-order valence-electron chi connectivity index (χ1n) is 4.26. The molecule has 0 heterocycles. The Balaban J connectivity index is 2.67. The van der Waals surface area contributed by atoms with Crippen molar-refractivity contribution in [2.45, 2.75) is 24.7 Å². The summed E-state index contributed by atoms with van der Waals surface area (Å²) < 4.78 is 10.8. The Kier molecular flexibility index (Phi) is 3.62. The summed E-state index contributed by atoms with van der Waals surface area (Å²) in [6.07, 6.45) is 0.772. The molecule has 0 aromatic carbocycles. The molecule has 76 valence electrons. The third-order valence-electron chi connectivity index (χ3n) is 2.37. The van der Waals surface area contributed by atoms with E-state index in [2.05, 4.69) is 10.0 Å². The van der Waals surface area contributed by atoms with E-state index in [0.717, 1.165) is 0 Å². The average molecular weight is 215 g/mol. The van der Waals surface area contributed by atoms with Crippen molar-refractivity contribution in [2.24, 2.45) is 11.0 Å². The molecule has 0 saturated heterocycles. The van der Waals surface area contributed by atoms with E-state index >= 15 is 0 Å². The zero-order chi connectivity index (χ0) is 10.8. The lowest BCUT2D eigenvalue weighted by molar-refractivity contribution is 0.357. The Morgan fingerprint density at radius 3 is 2.71 bits per heavy atom. The summed E-state index contributed by atoms with van der Waals surface area (Å²) in [6, 6.07) is -0.373. The molecule has 14 heavy (non-hydrogen) atoms. The second kappa shape index (κ2) is 4.36. The van der Waals surface area contributed by atoms with E-state index in [1.807, 2.05) is 0 Å². The van der Waals surface area contributed by atoms with Crippen LogP contribution in [-0.4, -0.2) is 29.8 Å². The van der Waals surface area contributed by atoms with E-state index in [-0.39, 0.29) is 23.9 Å². The Morgan fingerprint density at radius 1 is 1.57 bits per heavy atom. The Bertz CT molecular complexity index is 301. The lowest BCUT2D eigenvalue weighted by Gasteiger charge is -2.15. The SMILES string of the molecule is [B]C1CC(CP(=O)(O)O)C(N=[N+]=[N-])C1. The van der Waals surface area contributed by atoms with Crippen LogP contribution in [0.15, 0.2) is 5.11 Å². The molecule has 0 aromatic heterocycles. The maximum atomic E-state index is 10.8. The van der Waals surface area contributed by atoms with Crippen LogP contribution < -0.4 is 0 Å². The topological polar surface area (TPSA) is 106 Å². The molecule has 0 bridgehead atoms. The molecule has 2 N–H and O–H groups in total. The Labute approximate surface area is 82.9 Å². The van der Waals surface area contributed by atoms with Gasteiger partial charge in [-0.3, -0.25) is 4.57 Å². The second-order valence-electron chi connectivity index (χ2n) is 3.61. The van der Waals surface area contributed by atoms with Crippen LogP contribution in [0.25, 0.3) is 10.4 Å². The van der Waals surface area contributed by atoms with Gasteiger partial charge in [0.25, 0.3) is 0 Å². The summed E-state index contributed by atoms with van der Waals surface area (Å²) >= 11 is 0. The van der Waals surface area contributed by atoms with Crippen LogP contribution in [0, 0.1) is 5.92 Å². The lowest BCUT2D eigenvalue weighted by Crippen LogP contribution is -2.15.